The largest absolute Gasteiger partial charge is 0.364 e. The van der Waals surface area contributed by atoms with Crippen LogP contribution in [0, 0.1) is 35.5 Å². The van der Waals surface area contributed by atoms with Crippen LogP contribution in [0.25, 0.3) is 0 Å². The van der Waals surface area contributed by atoms with Crippen molar-refractivity contribution in [2.24, 2.45) is 35.5 Å². The van der Waals surface area contributed by atoms with E-state index < -0.39 is 0 Å². The van der Waals surface area contributed by atoms with Gasteiger partial charge in [-0.15, -0.1) is 0 Å². The molecule has 122 valence electrons. The first-order valence-electron chi connectivity index (χ1n) is 9.20. The minimum absolute atomic E-state index is 0.140. The van der Waals surface area contributed by atoms with E-state index in [0.29, 0.717) is 17.4 Å². The van der Waals surface area contributed by atoms with Crippen molar-refractivity contribution >= 4 is 15.9 Å². The predicted octanol–water partition coefficient (Wildman–Crippen LogP) is 5.00. The average molecular weight is 381 g/mol. The van der Waals surface area contributed by atoms with Gasteiger partial charge in [-0.1, -0.05) is 76.6 Å². The molecule has 0 spiro atoms. The molecule has 5 saturated carbocycles. The molecule has 7 rings (SSSR count). The van der Waals surface area contributed by atoms with Gasteiger partial charge in [-0.2, -0.15) is 0 Å². The fraction of sp³-hybridized carbons (Fsp3) is 0.455. The van der Waals surface area contributed by atoms with Gasteiger partial charge in [-0.05, 0) is 53.1 Å². The molecule has 0 aromatic heterocycles. The number of hydrogen-bond acceptors (Lipinski definition) is 1. The summed E-state index contributed by atoms with van der Waals surface area (Å²) < 4.78 is 6.86. The molecule has 6 bridgehead atoms. The monoisotopic (exact) mass is 380 g/mol. The van der Waals surface area contributed by atoms with E-state index in [1.807, 2.05) is 0 Å². The topological polar surface area (TPSA) is 9.23 Å². The zero-order valence-corrected chi connectivity index (χ0v) is 15.1. The van der Waals surface area contributed by atoms with E-state index in [-0.39, 0.29) is 5.60 Å². The van der Waals surface area contributed by atoms with Crippen LogP contribution in [0.15, 0.2) is 60.7 Å². The Balaban J connectivity index is 1.42. The Hall–Kier alpha value is -1.12. The zero-order chi connectivity index (χ0) is 15.9. The van der Waals surface area contributed by atoms with Crippen LogP contribution in [0.4, 0.5) is 0 Å². The molecular formula is C22H21BrO. The van der Waals surface area contributed by atoms with Gasteiger partial charge >= 0.3 is 0 Å². The van der Waals surface area contributed by atoms with Crippen LogP contribution in [0.3, 0.4) is 0 Å². The fourth-order valence-corrected chi connectivity index (χ4v) is 8.24. The van der Waals surface area contributed by atoms with Crippen molar-refractivity contribution in [1.29, 1.82) is 0 Å². The van der Waals surface area contributed by atoms with Gasteiger partial charge in [-0.3, -0.25) is 0 Å². The molecule has 8 atom stereocenters. The smallest absolute Gasteiger partial charge is 0.110 e. The molecule has 0 amide bonds. The van der Waals surface area contributed by atoms with Crippen LogP contribution in [0.2, 0.25) is 0 Å². The van der Waals surface area contributed by atoms with E-state index in [1.54, 1.807) is 0 Å². The summed E-state index contributed by atoms with van der Waals surface area (Å²) in [6, 6.07) is 21.7. The molecule has 0 aliphatic heterocycles. The first-order chi connectivity index (χ1) is 11.8. The third-order valence-corrected chi connectivity index (χ3v) is 8.73. The van der Waals surface area contributed by atoms with Crippen molar-refractivity contribution < 1.29 is 4.74 Å². The average Bonchev–Trinajstić information content (AvgIpc) is 2.98. The molecule has 5 fully saturated rings. The summed E-state index contributed by atoms with van der Waals surface area (Å²) >= 11 is 4.14. The summed E-state index contributed by atoms with van der Waals surface area (Å²) in [5.74, 6) is 5.38. The van der Waals surface area contributed by atoms with Crippen LogP contribution in [0.5, 0.6) is 0 Å². The molecule has 0 radical (unpaired) electrons. The number of rotatable bonds is 4. The molecule has 0 heterocycles. The maximum Gasteiger partial charge on any atom is 0.110 e. The maximum atomic E-state index is 6.86. The Morgan fingerprint density at radius 3 is 2.25 bits per heavy atom. The SMILES string of the molecule is BrC1C2C3CC4C2C4C3C1(OCc1ccccc1)c1ccccc1. The summed E-state index contributed by atoms with van der Waals surface area (Å²) in [5.41, 5.74) is 2.51. The van der Waals surface area contributed by atoms with Gasteiger partial charge in [0.25, 0.3) is 0 Å². The molecule has 0 saturated heterocycles. The lowest BCUT2D eigenvalue weighted by Gasteiger charge is -2.42. The molecule has 5 aliphatic rings. The molecule has 2 heteroatoms. The highest BCUT2D eigenvalue weighted by atomic mass is 79.9. The van der Waals surface area contributed by atoms with Crippen LogP contribution in [0.1, 0.15) is 17.5 Å². The fourth-order valence-electron chi connectivity index (χ4n) is 6.79. The molecular weight excluding hydrogens is 360 g/mol. The molecule has 8 unspecified atom stereocenters. The number of hydrogen-bond donors (Lipinski definition) is 0. The van der Waals surface area contributed by atoms with E-state index in [4.69, 9.17) is 4.74 Å². The van der Waals surface area contributed by atoms with Gasteiger partial charge in [0.1, 0.15) is 5.60 Å². The minimum atomic E-state index is -0.140. The third kappa shape index (κ3) is 1.55. The highest BCUT2D eigenvalue weighted by Crippen LogP contribution is 2.85. The Morgan fingerprint density at radius 2 is 1.58 bits per heavy atom. The Morgan fingerprint density at radius 1 is 0.875 bits per heavy atom. The Labute approximate surface area is 151 Å². The van der Waals surface area contributed by atoms with E-state index in [0.717, 1.165) is 29.6 Å². The van der Waals surface area contributed by atoms with Crippen molar-refractivity contribution in [3.05, 3.63) is 71.8 Å². The van der Waals surface area contributed by atoms with E-state index >= 15 is 0 Å². The predicted molar refractivity (Wildman–Crippen MR) is 97.6 cm³/mol. The highest BCUT2D eigenvalue weighted by molar-refractivity contribution is 9.09. The normalized spacial score (nSPS) is 46.5. The van der Waals surface area contributed by atoms with Crippen molar-refractivity contribution in [2.45, 2.75) is 23.5 Å². The number of halogens is 1. The second kappa shape index (κ2) is 4.74. The number of alkyl halides is 1. The molecule has 2 aromatic rings. The number of benzene rings is 2. The molecule has 24 heavy (non-hydrogen) atoms. The van der Waals surface area contributed by atoms with Crippen molar-refractivity contribution in [3.63, 3.8) is 0 Å². The second-order valence-corrected chi connectivity index (χ2v) is 9.14. The minimum Gasteiger partial charge on any atom is -0.364 e. The van der Waals surface area contributed by atoms with Gasteiger partial charge in [-0.25, -0.2) is 0 Å². The van der Waals surface area contributed by atoms with Gasteiger partial charge in [0.15, 0.2) is 0 Å². The molecule has 2 aromatic carbocycles. The summed E-state index contributed by atoms with van der Waals surface area (Å²) in [6.45, 7) is 0.704. The summed E-state index contributed by atoms with van der Waals surface area (Å²) in [4.78, 5) is 0.458. The van der Waals surface area contributed by atoms with Gasteiger partial charge in [0, 0.05) is 0 Å². The van der Waals surface area contributed by atoms with Gasteiger partial charge in [0.05, 0.1) is 11.4 Å². The van der Waals surface area contributed by atoms with Crippen LogP contribution in [-0.2, 0) is 16.9 Å². The Kier molecular flexibility index (Phi) is 2.78. The third-order valence-electron chi connectivity index (χ3n) is 7.44. The van der Waals surface area contributed by atoms with Crippen molar-refractivity contribution in [3.8, 4) is 0 Å². The number of ether oxygens (including phenoxy) is 1. The van der Waals surface area contributed by atoms with E-state index in [1.165, 1.54) is 17.5 Å². The first kappa shape index (κ1) is 14.1. The van der Waals surface area contributed by atoms with Gasteiger partial charge in [0.2, 0.25) is 0 Å². The molecule has 1 nitrogen and oxygen atoms in total. The molecule has 5 aliphatic carbocycles. The Bertz CT molecular complexity index is 775. The first-order valence-corrected chi connectivity index (χ1v) is 10.1. The van der Waals surface area contributed by atoms with Crippen molar-refractivity contribution in [2.75, 3.05) is 0 Å². The highest BCUT2D eigenvalue weighted by Gasteiger charge is 2.84. The summed E-state index contributed by atoms with van der Waals surface area (Å²) in [6.07, 6.45) is 1.45. The van der Waals surface area contributed by atoms with Crippen LogP contribution >= 0.6 is 15.9 Å². The zero-order valence-electron chi connectivity index (χ0n) is 13.5. The standard InChI is InChI=1S/C22H21BrO/c23-21-19-16-11-15-17(19)18(15)20(16)22(21,14-9-5-2-6-10-14)24-12-13-7-3-1-4-8-13/h1-10,15-21H,11-12H2. The second-order valence-electron chi connectivity index (χ2n) is 8.16. The maximum absolute atomic E-state index is 6.86. The van der Waals surface area contributed by atoms with Crippen molar-refractivity contribution in [1.82, 2.24) is 0 Å². The molecule has 0 N–H and O–H groups in total. The lowest BCUT2D eigenvalue weighted by Crippen LogP contribution is -2.45. The lowest BCUT2D eigenvalue weighted by molar-refractivity contribution is -0.0997. The van der Waals surface area contributed by atoms with Crippen LogP contribution in [-0.4, -0.2) is 4.83 Å². The lowest BCUT2D eigenvalue weighted by atomic mass is 9.78. The van der Waals surface area contributed by atoms with E-state index in [2.05, 4.69) is 76.6 Å². The van der Waals surface area contributed by atoms with Gasteiger partial charge < -0.3 is 4.74 Å². The summed E-state index contributed by atoms with van der Waals surface area (Å²) in [7, 11) is 0. The van der Waals surface area contributed by atoms with Crippen LogP contribution < -0.4 is 0 Å². The summed E-state index contributed by atoms with van der Waals surface area (Å²) in [5, 5.41) is 0. The van der Waals surface area contributed by atoms with E-state index in [9.17, 15) is 0 Å². The quantitative estimate of drug-likeness (QED) is 0.677.